The summed E-state index contributed by atoms with van der Waals surface area (Å²) >= 11 is 3.19. The van der Waals surface area contributed by atoms with E-state index in [0.29, 0.717) is 28.5 Å². The van der Waals surface area contributed by atoms with Crippen molar-refractivity contribution in [3.63, 3.8) is 0 Å². The Morgan fingerprint density at radius 1 is 1.29 bits per heavy atom. The van der Waals surface area contributed by atoms with Gasteiger partial charge in [0.05, 0.1) is 6.61 Å². The molecule has 0 atom stereocenters. The van der Waals surface area contributed by atoms with E-state index >= 15 is 0 Å². The fraction of sp³-hybridized carbons (Fsp3) is 0.176. The van der Waals surface area contributed by atoms with Gasteiger partial charge in [0.2, 0.25) is 5.91 Å². The van der Waals surface area contributed by atoms with Gasteiger partial charge >= 0.3 is 5.97 Å². The number of furan rings is 1. The van der Waals surface area contributed by atoms with E-state index in [1.165, 1.54) is 6.08 Å². The molecule has 0 spiro atoms. The van der Waals surface area contributed by atoms with Gasteiger partial charge in [-0.25, -0.2) is 4.79 Å². The number of carbonyl (C=O) groups is 2. The first-order valence-electron chi connectivity index (χ1n) is 7.19. The van der Waals surface area contributed by atoms with Crippen molar-refractivity contribution in [3.05, 3.63) is 52.9 Å². The van der Waals surface area contributed by atoms with Gasteiger partial charge in [-0.2, -0.15) is 0 Å². The lowest BCUT2D eigenvalue weighted by Crippen LogP contribution is -2.14. The molecule has 0 radical (unpaired) electrons. The number of esters is 1. The van der Waals surface area contributed by atoms with Crippen LogP contribution in [-0.4, -0.2) is 25.1 Å². The number of benzene rings is 1. The summed E-state index contributed by atoms with van der Waals surface area (Å²) in [7, 11) is 0. The molecule has 0 aliphatic rings. The molecule has 0 bridgehead atoms. The van der Waals surface area contributed by atoms with Crippen molar-refractivity contribution < 1.29 is 23.5 Å². The number of carbonyl (C=O) groups excluding carboxylic acids is 2. The lowest BCUT2D eigenvalue weighted by molar-refractivity contribution is -0.145. The van der Waals surface area contributed by atoms with Crippen LogP contribution in [0.2, 0.25) is 0 Å². The highest BCUT2D eigenvalue weighted by Crippen LogP contribution is 2.18. The summed E-state index contributed by atoms with van der Waals surface area (Å²) in [5, 5.41) is 2.70. The van der Waals surface area contributed by atoms with Crippen molar-refractivity contribution in [2.24, 2.45) is 0 Å². The predicted octanol–water partition coefficient (Wildman–Crippen LogP) is 3.64. The summed E-state index contributed by atoms with van der Waals surface area (Å²) in [4.78, 5) is 23.2. The molecule has 0 aliphatic carbocycles. The number of halogens is 1. The topological polar surface area (TPSA) is 77.8 Å². The minimum Gasteiger partial charge on any atom is -0.482 e. The van der Waals surface area contributed by atoms with Crippen LogP contribution in [0.5, 0.6) is 5.75 Å². The third kappa shape index (κ3) is 5.92. The number of hydrogen-bond donors (Lipinski definition) is 1. The average molecular weight is 394 g/mol. The molecule has 1 aromatic carbocycles. The number of nitrogens with one attached hydrogen (secondary N) is 1. The monoisotopic (exact) mass is 393 g/mol. The third-order valence-electron chi connectivity index (χ3n) is 2.76. The Kier molecular flexibility index (Phi) is 6.62. The second-order valence-electron chi connectivity index (χ2n) is 4.59. The molecule has 7 heteroatoms. The molecule has 0 saturated carbocycles. The zero-order valence-corrected chi connectivity index (χ0v) is 14.5. The first-order valence-corrected chi connectivity index (χ1v) is 7.99. The Balaban J connectivity index is 1.90. The second-order valence-corrected chi connectivity index (χ2v) is 5.37. The third-order valence-corrected chi connectivity index (χ3v) is 3.18. The second kappa shape index (κ2) is 8.93. The largest absolute Gasteiger partial charge is 0.482 e. The zero-order chi connectivity index (χ0) is 17.4. The van der Waals surface area contributed by atoms with Crippen molar-refractivity contribution in [1.82, 2.24) is 0 Å². The molecule has 1 heterocycles. The van der Waals surface area contributed by atoms with Crippen molar-refractivity contribution >= 4 is 39.6 Å². The Morgan fingerprint density at radius 2 is 2.12 bits per heavy atom. The quantitative estimate of drug-likeness (QED) is 0.573. The fourth-order valence-electron chi connectivity index (χ4n) is 1.77. The van der Waals surface area contributed by atoms with Crippen molar-refractivity contribution in [1.29, 1.82) is 0 Å². The summed E-state index contributed by atoms with van der Waals surface area (Å²) in [5.41, 5.74) is 0.548. The molecule has 0 unspecified atom stereocenters. The van der Waals surface area contributed by atoms with Crippen molar-refractivity contribution in [2.75, 3.05) is 18.5 Å². The van der Waals surface area contributed by atoms with E-state index in [-0.39, 0.29) is 12.5 Å². The van der Waals surface area contributed by atoms with Crippen LogP contribution in [0.3, 0.4) is 0 Å². The summed E-state index contributed by atoms with van der Waals surface area (Å²) in [6.07, 6.45) is 2.92. The highest BCUT2D eigenvalue weighted by atomic mass is 79.9. The van der Waals surface area contributed by atoms with E-state index in [0.717, 1.165) is 0 Å². The number of amides is 1. The molecule has 24 heavy (non-hydrogen) atoms. The lowest BCUT2D eigenvalue weighted by Gasteiger charge is -2.08. The Hall–Kier alpha value is -2.54. The van der Waals surface area contributed by atoms with Crippen LogP contribution in [-0.2, 0) is 14.3 Å². The predicted molar refractivity (Wildman–Crippen MR) is 92.6 cm³/mol. The molecule has 6 nitrogen and oxygen atoms in total. The number of anilines is 1. The molecule has 0 aliphatic heterocycles. The number of ether oxygens (including phenoxy) is 2. The first-order chi connectivity index (χ1) is 11.6. The zero-order valence-electron chi connectivity index (χ0n) is 13.0. The fourth-order valence-corrected chi connectivity index (χ4v) is 2.09. The van der Waals surface area contributed by atoms with Crippen molar-refractivity contribution in [3.8, 4) is 5.75 Å². The summed E-state index contributed by atoms with van der Waals surface area (Å²) in [5.74, 6) is 0.257. The van der Waals surface area contributed by atoms with Crippen LogP contribution in [0.4, 0.5) is 5.69 Å². The Morgan fingerprint density at radius 3 is 2.83 bits per heavy atom. The van der Waals surface area contributed by atoms with E-state index in [1.807, 2.05) is 0 Å². The van der Waals surface area contributed by atoms with Crippen LogP contribution in [0.15, 0.2) is 51.6 Å². The Bertz CT molecular complexity index is 738. The minimum atomic E-state index is -0.445. The van der Waals surface area contributed by atoms with E-state index in [1.54, 1.807) is 49.4 Å². The summed E-state index contributed by atoms with van der Waals surface area (Å²) in [6, 6.07) is 10.2. The highest BCUT2D eigenvalue weighted by molar-refractivity contribution is 9.10. The van der Waals surface area contributed by atoms with Gasteiger partial charge in [-0.15, -0.1) is 0 Å². The SMILES string of the molecule is CCOC(=O)COc1cccc(NC(=O)/C=C/c2ccc(Br)o2)c1. The van der Waals surface area contributed by atoms with Gasteiger partial charge in [0.25, 0.3) is 0 Å². The summed E-state index contributed by atoms with van der Waals surface area (Å²) < 4.78 is 15.9. The smallest absolute Gasteiger partial charge is 0.344 e. The number of rotatable bonds is 7. The molecule has 0 fully saturated rings. The van der Waals surface area contributed by atoms with E-state index in [4.69, 9.17) is 13.9 Å². The van der Waals surface area contributed by atoms with Crippen LogP contribution in [0, 0.1) is 0 Å². The first kappa shape index (κ1) is 17.8. The van der Waals surface area contributed by atoms with Crippen LogP contribution in [0.1, 0.15) is 12.7 Å². The van der Waals surface area contributed by atoms with Gasteiger partial charge in [-0.3, -0.25) is 4.79 Å². The average Bonchev–Trinajstić information content (AvgIpc) is 2.97. The van der Waals surface area contributed by atoms with E-state index in [9.17, 15) is 9.59 Å². The molecule has 1 aromatic heterocycles. The molecule has 1 N–H and O–H groups in total. The standard InChI is InChI=1S/C17H16BrNO5/c1-2-22-17(21)11-23-14-5-3-4-12(10-14)19-16(20)9-7-13-6-8-15(18)24-13/h3-10H,2,11H2,1H3,(H,19,20)/b9-7+. The van der Waals surface area contributed by atoms with Gasteiger partial charge in [-0.1, -0.05) is 6.07 Å². The molecule has 2 aromatic rings. The maximum Gasteiger partial charge on any atom is 0.344 e. The molecule has 126 valence electrons. The van der Waals surface area contributed by atoms with Crippen molar-refractivity contribution in [2.45, 2.75) is 6.92 Å². The van der Waals surface area contributed by atoms with Crippen LogP contribution >= 0.6 is 15.9 Å². The molecular formula is C17H16BrNO5. The van der Waals surface area contributed by atoms with Crippen LogP contribution in [0.25, 0.3) is 6.08 Å². The minimum absolute atomic E-state index is 0.182. The van der Waals surface area contributed by atoms with Gasteiger partial charge in [0, 0.05) is 17.8 Å². The van der Waals surface area contributed by atoms with Gasteiger partial charge in [-0.05, 0) is 53.2 Å². The van der Waals surface area contributed by atoms with Gasteiger partial charge in [0.1, 0.15) is 11.5 Å². The van der Waals surface area contributed by atoms with Gasteiger partial charge in [0.15, 0.2) is 11.3 Å². The van der Waals surface area contributed by atoms with Crippen LogP contribution < -0.4 is 10.1 Å². The van der Waals surface area contributed by atoms with Gasteiger partial charge < -0.3 is 19.2 Å². The highest BCUT2D eigenvalue weighted by Gasteiger charge is 2.05. The van der Waals surface area contributed by atoms with E-state index < -0.39 is 5.97 Å². The Labute approximate surface area is 147 Å². The van der Waals surface area contributed by atoms with E-state index in [2.05, 4.69) is 21.2 Å². The summed E-state index contributed by atoms with van der Waals surface area (Å²) in [6.45, 7) is 1.85. The molecular weight excluding hydrogens is 378 g/mol. The normalized spacial score (nSPS) is 10.6. The maximum absolute atomic E-state index is 11.9. The molecule has 2 rings (SSSR count). The molecule has 1 amide bonds. The molecule has 0 saturated heterocycles. The lowest BCUT2D eigenvalue weighted by atomic mass is 10.3. The maximum atomic E-state index is 11.9. The number of hydrogen-bond acceptors (Lipinski definition) is 5.